The minimum atomic E-state index is -0.316. The third kappa shape index (κ3) is 3.90. The summed E-state index contributed by atoms with van der Waals surface area (Å²) in [5.74, 6) is 1.68. The van der Waals surface area contributed by atoms with Crippen LogP contribution >= 0.6 is 34.5 Å². The van der Waals surface area contributed by atoms with E-state index in [1.54, 1.807) is 0 Å². The van der Waals surface area contributed by atoms with Gasteiger partial charge >= 0.3 is 0 Å². The number of fused-ring (bicyclic) bond motifs is 2. The monoisotopic (exact) mass is 521 g/mol. The zero-order chi connectivity index (χ0) is 24.3. The predicted molar refractivity (Wildman–Crippen MR) is 141 cm³/mol. The van der Waals surface area contributed by atoms with Crippen LogP contribution in [0.1, 0.15) is 42.8 Å². The molecule has 6 rings (SSSR count). The van der Waals surface area contributed by atoms with Crippen molar-refractivity contribution in [2.75, 3.05) is 0 Å². The van der Waals surface area contributed by atoms with Crippen molar-refractivity contribution in [2.24, 2.45) is 11.3 Å². The Labute approximate surface area is 216 Å². The molecular formula is C27H21Cl2N3O2S. The molecule has 176 valence electrons. The molecule has 3 heterocycles. The van der Waals surface area contributed by atoms with Crippen LogP contribution in [0.2, 0.25) is 0 Å². The van der Waals surface area contributed by atoms with Gasteiger partial charge in [-0.25, -0.2) is 4.98 Å². The van der Waals surface area contributed by atoms with E-state index in [1.165, 1.54) is 15.9 Å². The number of rotatable bonds is 4. The van der Waals surface area contributed by atoms with E-state index >= 15 is 0 Å². The van der Waals surface area contributed by atoms with Crippen LogP contribution in [0.5, 0.6) is 5.75 Å². The van der Waals surface area contributed by atoms with E-state index in [4.69, 9.17) is 32.9 Å². The largest absolute Gasteiger partial charge is 0.480 e. The molecule has 1 aliphatic heterocycles. The van der Waals surface area contributed by atoms with Gasteiger partial charge in [0.1, 0.15) is 16.3 Å². The summed E-state index contributed by atoms with van der Waals surface area (Å²) in [7, 11) is 0. The number of thiazole rings is 1. The molecule has 8 heteroatoms. The summed E-state index contributed by atoms with van der Waals surface area (Å²) in [6, 6.07) is 17.9. The number of hydrogen-bond acceptors (Lipinski definition) is 5. The van der Waals surface area contributed by atoms with E-state index in [1.807, 2.05) is 66.7 Å². The highest BCUT2D eigenvalue weighted by atomic mass is 35.5. The molecule has 3 atom stereocenters. The van der Waals surface area contributed by atoms with Crippen molar-refractivity contribution in [3.8, 4) is 5.75 Å². The normalized spacial score (nSPS) is 22.9. The first-order valence-electron chi connectivity index (χ1n) is 11.3. The molecule has 5 nitrogen and oxygen atoms in total. The lowest BCUT2D eigenvalue weighted by Gasteiger charge is -2.26. The summed E-state index contributed by atoms with van der Waals surface area (Å²) in [6.45, 7) is 4.25. The van der Waals surface area contributed by atoms with Crippen LogP contribution in [-0.4, -0.2) is 14.6 Å². The van der Waals surface area contributed by atoms with Gasteiger partial charge in [0.2, 0.25) is 4.96 Å². The van der Waals surface area contributed by atoms with Crippen LogP contribution in [-0.2, 0) is 0 Å². The Morgan fingerprint density at radius 3 is 2.60 bits per heavy atom. The first-order valence-corrected chi connectivity index (χ1v) is 12.9. The Balaban J connectivity index is 1.41. The lowest BCUT2D eigenvalue weighted by molar-refractivity contribution is 0.244. The number of nitrogens with zero attached hydrogens (tertiary/aromatic N) is 3. The number of benzene rings is 2. The van der Waals surface area contributed by atoms with Crippen molar-refractivity contribution in [1.29, 1.82) is 0 Å². The van der Waals surface area contributed by atoms with Gasteiger partial charge in [0.15, 0.2) is 5.82 Å². The zero-order valence-corrected chi connectivity index (χ0v) is 21.3. The molecular weight excluding hydrogens is 501 g/mol. The minimum absolute atomic E-state index is 0.0649. The molecule has 1 fully saturated rings. The molecule has 0 saturated heterocycles. The van der Waals surface area contributed by atoms with Crippen LogP contribution < -0.4 is 14.8 Å². The van der Waals surface area contributed by atoms with Crippen molar-refractivity contribution in [3.05, 3.63) is 103 Å². The topological polar surface area (TPSA) is 56.5 Å². The average molecular weight is 522 g/mol. The summed E-state index contributed by atoms with van der Waals surface area (Å²) in [5.41, 5.74) is 2.66. The molecule has 2 aromatic heterocycles. The van der Waals surface area contributed by atoms with Crippen molar-refractivity contribution < 1.29 is 4.74 Å². The zero-order valence-electron chi connectivity index (χ0n) is 19.0. The van der Waals surface area contributed by atoms with Gasteiger partial charge in [-0.1, -0.05) is 96.9 Å². The fourth-order valence-corrected chi connectivity index (χ4v) is 6.10. The van der Waals surface area contributed by atoms with Crippen molar-refractivity contribution in [3.63, 3.8) is 0 Å². The molecule has 3 unspecified atom stereocenters. The lowest BCUT2D eigenvalue weighted by atomic mass is 9.96. The first-order chi connectivity index (χ1) is 16.8. The minimum Gasteiger partial charge on any atom is -0.480 e. The number of allylic oxidation sites excluding steroid dienone is 1. The van der Waals surface area contributed by atoms with Crippen molar-refractivity contribution >= 4 is 51.7 Å². The second-order valence-electron chi connectivity index (χ2n) is 9.45. The van der Waals surface area contributed by atoms with Gasteiger partial charge in [-0.05, 0) is 46.8 Å². The SMILES string of the molecule is CC1(C)C(C=C(Cl)Cl)C1c1nc2s/c(=C/C3=Cc4ccccc4OC3c3ccccc3)c(=O)n2n1. The van der Waals surface area contributed by atoms with Crippen LogP contribution in [0.4, 0.5) is 0 Å². The van der Waals surface area contributed by atoms with Crippen LogP contribution in [0.25, 0.3) is 17.1 Å². The van der Waals surface area contributed by atoms with Gasteiger partial charge in [0.05, 0.1) is 4.53 Å². The van der Waals surface area contributed by atoms with Gasteiger partial charge in [-0.3, -0.25) is 4.79 Å². The van der Waals surface area contributed by atoms with E-state index in [9.17, 15) is 4.79 Å². The third-order valence-corrected chi connectivity index (χ3v) is 8.09. The highest BCUT2D eigenvalue weighted by molar-refractivity contribution is 7.15. The van der Waals surface area contributed by atoms with E-state index in [-0.39, 0.29) is 33.4 Å². The van der Waals surface area contributed by atoms with Crippen LogP contribution in [0.15, 0.2) is 75.5 Å². The van der Waals surface area contributed by atoms with Gasteiger partial charge in [-0.2, -0.15) is 4.52 Å². The molecule has 2 aromatic carbocycles. The van der Waals surface area contributed by atoms with E-state index < -0.39 is 0 Å². The number of halogens is 2. The molecule has 0 N–H and O–H groups in total. The molecule has 0 amide bonds. The second-order valence-corrected chi connectivity index (χ2v) is 11.5. The summed E-state index contributed by atoms with van der Waals surface area (Å²) in [4.78, 5) is 18.6. The predicted octanol–water partition coefficient (Wildman–Crippen LogP) is 5.93. The molecule has 0 bridgehead atoms. The Morgan fingerprint density at radius 1 is 1.11 bits per heavy atom. The third-order valence-electron chi connectivity index (χ3n) is 6.88. The van der Waals surface area contributed by atoms with Gasteiger partial charge < -0.3 is 4.74 Å². The van der Waals surface area contributed by atoms with Crippen molar-refractivity contribution in [2.45, 2.75) is 25.9 Å². The van der Waals surface area contributed by atoms with Gasteiger partial charge in [0, 0.05) is 11.5 Å². The Bertz CT molecular complexity index is 1620. The first kappa shape index (κ1) is 22.5. The number of hydrogen-bond donors (Lipinski definition) is 0. The summed E-state index contributed by atoms with van der Waals surface area (Å²) < 4.78 is 8.57. The van der Waals surface area contributed by atoms with E-state index in [0.29, 0.717) is 15.3 Å². The standard InChI is InChI=1S/C27H21Cl2N3O2S/c1-27(2)18(14-21(28)29)22(27)24-30-26-32(31-24)25(33)20(35-26)13-17-12-16-10-6-7-11-19(16)34-23(17)15-8-4-3-5-9-15/h3-14,18,22-23H,1-2H3/b20-13+. The fourth-order valence-electron chi connectivity index (χ4n) is 4.91. The molecule has 35 heavy (non-hydrogen) atoms. The number of para-hydroxylation sites is 1. The highest BCUT2D eigenvalue weighted by Crippen LogP contribution is 2.64. The number of aromatic nitrogens is 3. The second kappa shape index (κ2) is 8.33. The smallest absolute Gasteiger partial charge is 0.291 e. The van der Waals surface area contributed by atoms with E-state index in [0.717, 1.165) is 22.4 Å². The number of ether oxygens (including phenoxy) is 1. The maximum absolute atomic E-state index is 13.3. The summed E-state index contributed by atoms with van der Waals surface area (Å²) >= 11 is 13.1. The Morgan fingerprint density at radius 2 is 1.86 bits per heavy atom. The van der Waals surface area contributed by atoms with Gasteiger partial charge in [-0.15, -0.1) is 5.10 Å². The summed E-state index contributed by atoms with van der Waals surface area (Å²) in [5, 5.41) is 4.57. The fraction of sp³-hybridized carbons (Fsp3) is 0.222. The maximum atomic E-state index is 13.3. The molecule has 4 aromatic rings. The summed E-state index contributed by atoms with van der Waals surface area (Å²) in [6.07, 6.45) is 5.49. The quantitative estimate of drug-likeness (QED) is 0.334. The van der Waals surface area contributed by atoms with Crippen LogP contribution in [0.3, 0.4) is 0 Å². The molecule has 1 saturated carbocycles. The highest BCUT2D eigenvalue weighted by Gasteiger charge is 2.59. The molecule has 1 aliphatic carbocycles. The molecule has 2 aliphatic rings. The average Bonchev–Trinajstić information content (AvgIpc) is 3.10. The van der Waals surface area contributed by atoms with Crippen LogP contribution in [0, 0.1) is 11.3 Å². The maximum Gasteiger partial charge on any atom is 0.291 e. The Kier molecular flexibility index (Phi) is 5.36. The van der Waals surface area contributed by atoms with Gasteiger partial charge in [0.25, 0.3) is 5.56 Å². The van der Waals surface area contributed by atoms with Crippen molar-refractivity contribution in [1.82, 2.24) is 14.6 Å². The lowest BCUT2D eigenvalue weighted by Crippen LogP contribution is -2.25. The molecule has 0 radical (unpaired) electrons. The Hall–Kier alpha value is -2.93. The molecule has 0 spiro atoms. The van der Waals surface area contributed by atoms with E-state index in [2.05, 4.69) is 25.0 Å².